The van der Waals surface area contributed by atoms with E-state index in [4.69, 9.17) is 9.73 Å². The lowest BCUT2D eigenvalue weighted by Crippen LogP contribution is -2.51. The van der Waals surface area contributed by atoms with Gasteiger partial charge in [0.25, 0.3) is 5.91 Å². The van der Waals surface area contributed by atoms with Gasteiger partial charge in [0, 0.05) is 51.9 Å². The molecule has 7 heteroatoms. The van der Waals surface area contributed by atoms with Gasteiger partial charge in [-0.15, -0.1) is 0 Å². The number of carbonyl (C=O) groups excluding carboxylic acids is 1. The number of methoxy groups -OCH3 is 1. The largest absolute Gasteiger partial charge is 0.496 e. The molecule has 2 fully saturated rings. The molecule has 1 amide bonds. The van der Waals surface area contributed by atoms with Crippen LogP contribution in [0.25, 0.3) is 0 Å². The van der Waals surface area contributed by atoms with Gasteiger partial charge in [0.1, 0.15) is 11.6 Å². The first-order chi connectivity index (χ1) is 13.2. The van der Waals surface area contributed by atoms with Gasteiger partial charge >= 0.3 is 0 Å². The minimum absolute atomic E-state index is 0.0296. The monoisotopic (exact) mass is 369 g/mol. The number of hydrogen-bond acceptors (Lipinski definition) is 6. The van der Waals surface area contributed by atoms with Crippen LogP contribution >= 0.6 is 0 Å². The number of piperazine rings is 1. The third kappa shape index (κ3) is 3.69. The molecule has 1 atom stereocenters. The molecule has 0 N–H and O–H groups in total. The van der Waals surface area contributed by atoms with Crippen molar-refractivity contribution in [1.29, 1.82) is 0 Å². The number of hydrogen-bond donors (Lipinski definition) is 0. The van der Waals surface area contributed by atoms with E-state index in [2.05, 4.69) is 25.8 Å². The van der Waals surface area contributed by atoms with Crippen LogP contribution in [0, 0.1) is 5.92 Å². The molecule has 1 aromatic carbocycles. The summed E-state index contributed by atoms with van der Waals surface area (Å²) < 4.78 is 5.46. The Labute approximate surface area is 160 Å². The third-order valence-electron chi connectivity index (χ3n) is 5.65. The van der Waals surface area contributed by atoms with E-state index in [-0.39, 0.29) is 11.8 Å². The highest BCUT2D eigenvalue weighted by atomic mass is 16.5. The summed E-state index contributed by atoms with van der Waals surface area (Å²) in [7, 11) is 3.73. The number of nitrogens with zero attached hydrogens (tertiary/aromatic N) is 5. The topological polar surface area (TPSA) is 60.7 Å². The minimum atomic E-state index is -0.140. The standard InChI is InChI=1S/C20H27N5O2/c1-23-9-5-7-16-18(23)21-20(22-19(16)26)25-12-10-24(11-13-25)14-15-6-3-4-8-17(15)27-2/h3-4,6,8,16H,5,7,9-14H2,1-2H3. The van der Waals surface area contributed by atoms with Crippen molar-refractivity contribution in [2.24, 2.45) is 15.9 Å². The van der Waals surface area contributed by atoms with Crippen LogP contribution in [0.4, 0.5) is 0 Å². The number of aliphatic imine (C=N–C) groups is 2. The lowest BCUT2D eigenvalue weighted by molar-refractivity contribution is -0.120. The molecule has 3 aliphatic heterocycles. The van der Waals surface area contributed by atoms with Crippen molar-refractivity contribution in [3.63, 3.8) is 0 Å². The highest BCUT2D eigenvalue weighted by Crippen LogP contribution is 2.24. The average molecular weight is 369 g/mol. The minimum Gasteiger partial charge on any atom is -0.496 e. The summed E-state index contributed by atoms with van der Waals surface area (Å²) in [5.74, 6) is 2.25. The summed E-state index contributed by atoms with van der Waals surface area (Å²) >= 11 is 0. The Balaban J connectivity index is 1.40. The van der Waals surface area contributed by atoms with Gasteiger partial charge in [0.05, 0.1) is 13.0 Å². The molecule has 0 bridgehead atoms. The highest BCUT2D eigenvalue weighted by molar-refractivity contribution is 6.14. The first-order valence-electron chi connectivity index (χ1n) is 9.67. The molecule has 0 aromatic heterocycles. The Kier molecular flexibility index (Phi) is 5.11. The third-order valence-corrected chi connectivity index (χ3v) is 5.65. The molecule has 1 aromatic rings. The first-order valence-corrected chi connectivity index (χ1v) is 9.67. The number of para-hydroxylation sites is 1. The predicted octanol–water partition coefficient (Wildman–Crippen LogP) is 1.45. The van der Waals surface area contributed by atoms with Gasteiger partial charge < -0.3 is 14.5 Å². The van der Waals surface area contributed by atoms with E-state index in [1.165, 1.54) is 5.56 Å². The summed E-state index contributed by atoms with van der Waals surface area (Å²) in [5, 5.41) is 0. The van der Waals surface area contributed by atoms with Crippen molar-refractivity contribution in [3.8, 4) is 5.75 Å². The Morgan fingerprint density at radius 3 is 2.67 bits per heavy atom. The number of likely N-dealkylation sites (tertiary alicyclic amines) is 1. The summed E-state index contributed by atoms with van der Waals surface area (Å²) in [6.07, 6.45) is 1.89. The molecule has 144 valence electrons. The molecule has 0 spiro atoms. The number of piperidine rings is 1. The first kappa shape index (κ1) is 18.0. The number of amides is 1. The van der Waals surface area contributed by atoms with E-state index < -0.39 is 0 Å². The van der Waals surface area contributed by atoms with Crippen LogP contribution in [0.15, 0.2) is 34.3 Å². The molecule has 0 radical (unpaired) electrons. The number of benzene rings is 1. The van der Waals surface area contributed by atoms with Gasteiger partial charge in [-0.25, -0.2) is 0 Å². The Morgan fingerprint density at radius 2 is 1.89 bits per heavy atom. The van der Waals surface area contributed by atoms with E-state index >= 15 is 0 Å². The van der Waals surface area contributed by atoms with E-state index in [0.29, 0.717) is 5.96 Å². The van der Waals surface area contributed by atoms with Crippen LogP contribution in [0.3, 0.4) is 0 Å². The second-order valence-electron chi connectivity index (χ2n) is 7.41. The van der Waals surface area contributed by atoms with Crippen molar-refractivity contribution in [3.05, 3.63) is 29.8 Å². The molecule has 2 saturated heterocycles. The summed E-state index contributed by atoms with van der Waals surface area (Å²) in [6, 6.07) is 8.15. The maximum atomic E-state index is 12.5. The van der Waals surface area contributed by atoms with Gasteiger partial charge in [-0.05, 0) is 18.9 Å². The zero-order valence-corrected chi connectivity index (χ0v) is 16.1. The SMILES string of the molecule is COc1ccccc1CN1CCN(C2=NC(=O)C3CCCN(C)C3=N2)CC1. The zero-order valence-electron chi connectivity index (χ0n) is 16.1. The van der Waals surface area contributed by atoms with Gasteiger partial charge in [-0.1, -0.05) is 18.2 Å². The van der Waals surface area contributed by atoms with Crippen LogP contribution in [-0.2, 0) is 11.3 Å². The lowest BCUT2D eigenvalue weighted by atomic mass is 9.95. The molecule has 1 unspecified atom stereocenters. The van der Waals surface area contributed by atoms with Crippen LogP contribution in [0.2, 0.25) is 0 Å². The van der Waals surface area contributed by atoms with Crippen LogP contribution in [0.5, 0.6) is 5.75 Å². The molecular weight excluding hydrogens is 342 g/mol. The summed E-state index contributed by atoms with van der Waals surface area (Å²) in [5.41, 5.74) is 1.20. The molecule has 3 heterocycles. The summed E-state index contributed by atoms with van der Waals surface area (Å²) in [4.78, 5) is 28.2. The quantitative estimate of drug-likeness (QED) is 0.807. The normalized spacial score (nSPS) is 23.6. The zero-order chi connectivity index (χ0) is 18.8. The van der Waals surface area contributed by atoms with Gasteiger partial charge in [-0.3, -0.25) is 9.69 Å². The van der Waals surface area contributed by atoms with E-state index in [1.807, 2.05) is 25.2 Å². The average Bonchev–Trinajstić information content (AvgIpc) is 2.70. The molecular formula is C20H27N5O2. The molecule has 0 saturated carbocycles. The number of guanidine groups is 1. The van der Waals surface area contributed by atoms with Crippen LogP contribution in [-0.4, -0.2) is 79.3 Å². The Bertz CT molecular complexity index is 767. The van der Waals surface area contributed by atoms with Crippen molar-refractivity contribution < 1.29 is 9.53 Å². The number of fused-ring (bicyclic) bond motifs is 1. The second kappa shape index (κ2) is 7.68. The summed E-state index contributed by atoms with van der Waals surface area (Å²) in [6.45, 7) is 5.30. The van der Waals surface area contributed by atoms with E-state index in [0.717, 1.165) is 63.7 Å². The fourth-order valence-corrected chi connectivity index (χ4v) is 4.07. The molecule has 27 heavy (non-hydrogen) atoms. The smallest absolute Gasteiger partial charge is 0.259 e. The molecule has 4 rings (SSSR count). The van der Waals surface area contributed by atoms with Gasteiger partial charge in [-0.2, -0.15) is 9.98 Å². The van der Waals surface area contributed by atoms with Crippen molar-refractivity contribution in [2.75, 3.05) is 46.9 Å². The second-order valence-corrected chi connectivity index (χ2v) is 7.41. The van der Waals surface area contributed by atoms with Gasteiger partial charge in [0.15, 0.2) is 0 Å². The lowest BCUT2D eigenvalue weighted by Gasteiger charge is -2.38. The van der Waals surface area contributed by atoms with Crippen LogP contribution < -0.4 is 4.74 Å². The number of ether oxygens (including phenoxy) is 1. The molecule has 3 aliphatic rings. The van der Waals surface area contributed by atoms with Crippen molar-refractivity contribution in [2.45, 2.75) is 19.4 Å². The fourth-order valence-electron chi connectivity index (χ4n) is 4.07. The highest BCUT2D eigenvalue weighted by Gasteiger charge is 2.35. The maximum Gasteiger partial charge on any atom is 0.259 e. The van der Waals surface area contributed by atoms with Crippen LogP contribution in [0.1, 0.15) is 18.4 Å². The number of carbonyl (C=O) groups is 1. The van der Waals surface area contributed by atoms with E-state index in [1.54, 1.807) is 7.11 Å². The van der Waals surface area contributed by atoms with E-state index in [9.17, 15) is 4.79 Å². The van der Waals surface area contributed by atoms with Gasteiger partial charge in [0.2, 0.25) is 5.96 Å². The predicted molar refractivity (Wildman–Crippen MR) is 105 cm³/mol. The maximum absolute atomic E-state index is 12.5. The Hall–Kier alpha value is -2.41. The molecule has 0 aliphatic carbocycles. The number of amidine groups is 1. The number of rotatable bonds is 3. The van der Waals surface area contributed by atoms with Crippen molar-refractivity contribution in [1.82, 2.24) is 14.7 Å². The fraction of sp³-hybridized carbons (Fsp3) is 0.550. The molecule has 7 nitrogen and oxygen atoms in total. The van der Waals surface area contributed by atoms with Crippen molar-refractivity contribution >= 4 is 17.7 Å². The Morgan fingerprint density at radius 1 is 1.11 bits per heavy atom.